The molecule has 0 saturated carbocycles. The number of halogens is 3. The molecule has 4 N–H and O–H groups in total. The largest absolute Gasteiger partial charge is 0.435 e. The molecule has 0 unspecified atom stereocenters. The number of nitrogens with zero attached hydrogens (tertiary/aromatic N) is 7. The number of alkyl halides is 3. The molecule has 0 aliphatic carbocycles. The number of fused-ring (bicyclic) bond motifs is 1. The first kappa shape index (κ1) is 28.6. The van der Waals surface area contributed by atoms with Crippen LogP contribution in [-0.2, 0) is 23.9 Å². The topological polar surface area (TPSA) is 159 Å². The van der Waals surface area contributed by atoms with Crippen LogP contribution in [0.1, 0.15) is 35.0 Å². The van der Waals surface area contributed by atoms with E-state index >= 15 is 0 Å². The summed E-state index contributed by atoms with van der Waals surface area (Å²) in [6.45, 7) is 2.46. The summed E-state index contributed by atoms with van der Waals surface area (Å²) in [7, 11) is 0. The predicted octanol–water partition coefficient (Wildman–Crippen LogP) is 2.73. The van der Waals surface area contributed by atoms with Gasteiger partial charge in [0.2, 0.25) is 5.91 Å². The number of hydrogen-bond donors (Lipinski definition) is 3. The van der Waals surface area contributed by atoms with Gasteiger partial charge in [0.15, 0.2) is 17.2 Å². The van der Waals surface area contributed by atoms with Crippen LogP contribution in [0.2, 0.25) is 0 Å². The molecule has 1 aromatic carbocycles. The average molecular weight is 581 g/mol. The van der Waals surface area contributed by atoms with Gasteiger partial charge in [-0.3, -0.25) is 18.7 Å². The highest BCUT2D eigenvalue weighted by atomic mass is 19.4. The second-order valence-electron chi connectivity index (χ2n) is 9.78. The number of rotatable bonds is 8. The molecule has 0 spiro atoms. The minimum absolute atomic E-state index is 0.0453. The summed E-state index contributed by atoms with van der Waals surface area (Å²) in [5.74, 6) is -0.299. The zero-order valence-electron chi connectivity index (χ0n) is 22.5. The number of nitriles is 1. The van der Waals surface area contributed by atoms with Crippen molar-refractivity contribution in [3.63, 3.8) is 0 Å². The molecule has 1 aliphatic heterocycles. The Labute approximate surface area is 237 Å². The van der Waals surface area contributed by atoms with E-state index in [-0.39, 0.29) is 53.7 Å². The number of nitrogens with two attached hydrogens (primary N) is 1. The molecule has 1 atom stereocenters. The Kier molecular flexibility index (Phi) is 7.81. The molecule has 0 bridgehead atoms. The number of carbonyl (C=O) groups is 2. The van der Waals surface area contributed by atoms with Gasteiger partial charge < -0.3 is 21.3 Å². The normalized spacial score (nSPS) is 15.1. The molecule has 1 saturated heterocycles. The smallest absolute Gasteiger partial charge is 0.343 e. The molecule has 42 heavy (non-hydrogen) atoms. The molecular formula is C27H27F3N10O2. The van der Waals surface area contributed by atoms with Gasteiger partial charge in [0, 0.05) is 49.0 Å². The number of anilines is 2. The molecule has 15 heteroatoms. The van der Waals surface area contributed by atoms with Gasteiger partial charge in [-0.2, -0.15) is 23.5 Å². The number of carbonyl (C=O) groups excluding carboxylic acids is 2. The lowest BCUT2D eigenvalue weighted by Crippen LogP contribution is -2.40. The number of hydrogen-bond acceptors (Lipinski definition) is 8. The van der Waals surface area contributed by atoms with Gasteiger partial charge in [-0.15, -0.1) is 0 Å². The SMILES string of the molecule is CCc1cc(Nc2nccn3c(-c4cn(CC#N)nc4C(F)(F)F)cnc23)ccc1C(=O)NCC(=O)N1CC[C@H](N)C1. The molecular weight excluding hydrogens is 553 g/mol. The van der Waals surface area contributed by atoms with Gasteiger partial charge in [0.1, 0.15) is 6.54 Å². The minimum Gasteiger partial charge on any atom is -0.343 e. The molecule has 4 aromatic rings. The first-order valence-corrected chi connectivity index (χ1v) is 13.1. The van der Waals surface area contributed by atoms with Crippen molar-refractivity contribution in [3.8, 4) is 17.3 Å². The standard InChI is InChI=1S/C27H27F3N10O2/c1-2-16-11-18(3-4-19(16)26(42)35-13-22(41)38-8-5-17(32)14-38)36-24-25-34-12-21(40(25)10-7-33-24)20-15-39(9-6-31)37-23(20)27(28,29)30/h3-4,7,10-12,15,17H,2,5,8-9,13-14,32H2,1H3,(H,33,36)(H,35,42)/t17-/m0/s1. The highest BCUT2D eigenvalue weighted by molar-refractivity contribution is 5.98. The average Bonchev–Trinajstić information content (AvgIpc) is 3.70. The fraction of sp³-hybridized carbons (Fsp3) is 0.333. The van der Waals surface area contributed by atoms with Crippen LogP contribution in [0.5, 0.6) is 0 Å². The van der Waals surface area contributed by atoms with Crippen LogP contribution < -0.4 is 16.4 Å². The van der Waals surface area contributed by atoms with Crippen LogP contribution in [0.15, 0.2) is 43.0 Å². The summed E-state index contributed by atoms with van der Waals surface area (Å²) >= 11 is 0. The third-order valence-corrected chi connectivity index (χ3v) is 6.94. The van der Waals surface area contributed by atoms with E-state index in [1.165, 1.54) is 23.0 Å². The van der Waals surface area contributed by atoms with E-state index in [0.717, 1.165) is 17.3 Å². The van der Waals surface area contributed by atoms with Crippen molar-refractivity contribution in [2.45, 2.75) is 38.5 Å². The number of aryl methyl sites for hydroxylation is 1. The lowest BCUT2D eigenvalue weighted by atomic mass is 10.0. The molecule has 4 heterocycles. The molecule has 0 radical (unpaired) electrons. The maximum atomic E-state index is 13.7. The maximum Gasteiger partial charge on any atom is 0.435 e. The third-order valence-electron chi connectivity index (χ3n) is 6.94. The summed E-state index contributed by atoms with van der Waals surface area (Å²) in [5, 5.41) is 18.3. The number of amides is 2. The lowest BCUT2D eigenvalue weighted by molar-refractivity contribution is -0.141. The van der Waals surface area contributed by atoms with E-state index < -0.39 is 11.9 Å². The van der Waals surface area contributed by atoms with Crippen LogP contribution in [0.3, 0.4) is 0 Å². The van der Waals surface area contributed by atoms with Gasteiger partial charge in [-0.05, 0) is 36.6 Å². The first-order valence-electron chi connectivity index (χ1n) is 13.1. The van der Waals surface area contributed by atoms with E-state index in [1.54, 1.807) is 29.2 Å². The van der Waals surface area contributed by atoms with Crippen LogP contribution in [0, 0.1) is 11.3 Å². The number of imidazole rings is 1. The Morgan fingerprint density at radius 2 is 2.07 bits per heavy atom. The van der Waals surface area contributed by atoms with Crippen molar-refractivity contribution in [2.24, 2.45) is 5.73 Å². The quantitative estimate of drug-likeness (QED) is 0.287. The van der Waals surface area contributed by atoms with Crippen molar-refractivity contribution in [1.82, 2.24) is 34.4 Å². The van der Waals surface area contributed by atoms with E-state index in [0.29, 0.717) is 36.3 Å². The molecule has 1 fully saturated rings. The summed E-state index contributed by atoms with van der Waals surface area (Å²) < 4.78 is 43.6. The van der Waals surface area contributed by atoms with E-state index in [4.69, 9.17) is 11.0 Å². The lowest BCUT2D eigenvalue weighted by Gasteiger charge is -2.17. The van der Waals surface area contributed by atoms with E-state index in [9.17, 15) is 22.8 Å². The van der Waals surface area contributed by atoms with Gasteiger partial charge in [0.05, 0.1) is 30.1 Å². The van der Waals surface area contributed by atoms with Crippen LogP contribution >= 0.6 is 0 Å². The Bertz CT molecular complexity index is 1690. The summed E-state index contributed by atoms with van der Waals surface area (Å²) in [6.07, 6.45) is 1.85. The second kappa shape index (κ2) is 11.5. The summed E-state index contributed by atoms with van der Waals surface area (Å²) in [6, 6.07) is 6.79. The first-order chi connectivity index (χ1) is 20.1. The summed E-state index contributed by atoms with van der Waals surface area (Å²) in [5.41, 5.74) is 6.59. The molecule has 12 nitrogen and oxygen atoms in total. The number of benzene rings is 1. The van der Waals surface area contributed by atoms with Crippen LogP contribution in [0.25, 0.3) is 16.9 Å². The molecule has 1 aliphatic rings. The fourth-order valence-electron chi connectivity index (χ4n) is 4.88. The van der Waals surface area contributed by atoms with Crippen molar-refractivity contribution in [1.29, 1.82) is 5.26 Å². The maximum absolute atomic E-state index is 13.7. The minimum atomic E-state index is -4.74. The predicted molar refractivity (Wildman–Crippen MR) is 145 cm³/mol. The monoisotopic (exact) mass is 580 g/mol. The molecule has 5 rings (SSSR count). The van der Waals surface area contributed by atoms with Crippen molar-refractivity contribution in [3.05, 3.63) is 59.8 Å². The van der Waals surface area contributed by atoms with Crippen molar-refractivity contribution < 1.29 is 22.8 Å². The molecule has 2 amide bonds. The van der Waals surface area contributed by atoms with Crippen molar-refractivity contribution in [2.75, 3.05) is 25.0 Å². The molecule has 218 valence electrons. The van der Waals surface area contributed by atoms with Crippen molar-refractivity contribution >= 4 is 29.0 Å². The highest BCUT2D eigenvalue weighted by Crippen LogP contribution is 2.37. The Balaban J connectivity index is 1.37. The van der Waals surface area contributed by atoms with E-state index in [1.807, 2.05) is 6.92 Å². The number of nitrogens with one attached hydrogen (secondary N) is 2. The zero-order chi connectivity index (χ0) is 30.0. The fourth-order valence-corrected chi connectivity index (χ4v) is 4.88. The van der Waals surface area contributed by atoms with Gasteiger partial charge >= 0.3 is 6.18 Å². The van der Waals surface area contributed by atoms with Gasteiger partial charge in [-0.1, -0.05) is 6.92 Å². The Hall–Kier alpha value is -4.97. The van der Waals surface area contributed by atoms with Gasteiger partial charge in [-0.25, -0.2) is 9.97 Å². The highest BCUT2D eigenvalue weighted by Gasteiger charge is 2.38. The zero-order valence-corrected chi connectivity index (χ0v) is 22.5. The Morgan fingerprint density at radius 3 is 2.76 bits per heavy atom. The third kappa shape index (κ3) is 5.75. The number of likely N-dealkylation sites (tertiary alicyclic amines) is 1. The van der Waals surface area contributed by atoms with Crippen LogP contribution in [-0.4, -0.2) is 66.5 Å². The van der Waals surface area contributed by atoms with Crippen LogP contribution in [0.4, 0.5) is 24.7 Å². The van der Waals surface area contributed by atoms with Gasteiger partial charge in [0.25, 0.3) is 5.91 Å². The molecule has 3 aromatic heterocycles. The second-order valence-corrected chi connectivity index (χ2v) is 9.78. The Morgan fingerprint density at radius 1 is 1.26 bits per heavy atom. The van der Waals surface area contributed by atoms with E-state index in [2.05, 4.69) is 25.7 Å². The number of aromatic nitrogens is 5. The summed E-state index contributed by atoms with van der Waals surface area (Å²) in [4.78, 5) is 35.5.